The monoisotopic (exact) mass is 528 g/mol. The van der Waals surface area contributed by atoms with Gasteiger partial charge in [0.25, 0.3) is 0 Å². The number of anilines is 2. The van der Waals surface area contributed by atoms with Crippen molar-refractivity contribution in [3.05, 3.63) is 71.8 Å². The lowest BCUT2D eigenvalue weighted by Crippen LogP contribution is -2.41. The minimum atomic E-state index is -0.451. The number of nitrogens with zero attached hydrogens (tertiary/aromatic N) is 5. The van der Waals surface area contributed by atoms with Crippen LogP contribution in [0.1, 0.15) is 51.0 Å². The molecule has 0 aliphatic heterocycles. The van der Waals surface area contributed by atoms with E-state index < -0.39 is 6.04 Å². The Labute approximate surface area is 229 Å². The number of oxime groups is 1. The number of benzene rings is 1. The molecule has 0 spiro atoms. The molecule has 3 aromatic rings. The summed E-state index contributed by atoms with van der Waals surface area (Å²) in [7, 11) is 1.51. The van der Waals surface area contributed by atoms with Gasteiger partial charge in [0, 0.05) is 25.0 Å². The Bertz CT molecular complexity index is 1280. The van der Waals surface area contributed by atoms with Gasteiger partial charge in [-0.1, -0.05) is 61.5 Å². The second-order valence-electron chi connectivity index (χ2n) is 9.82. The highest BCUT2D eigenvalue weighted by Gasteiger charge is 2.25. The Morgan fingerprint density at radius 3 is 2.62 bits per heavy atom. The Balaban J connectivity index is 1.54. The fourth-order valence-corrected chi connectivity index (χ4v) is 4.77. The highest BCUT2D eigenvalue weighted by Crippen LogP contribution is 2.28. The van der Waals surface area contributed by atoms with Crippen LogP contribution < -0.4 is 16.0 Å². The van der Waals surface area contributed by atoms with Crippen LogP contribution in [0.25, 0.3) is 10.7 Å². The molecule has 1 aromatic carbocycles. The lowest BCUT2D eigenvalue weighted by molar-refractivity contribution is -0.122. The molecule has 1 aliphatic carbocycles. The zero-order chi connectivity index (χ0) is 27.5. The predicted octanol–water partition coefficient (Wildman–Crippen LogP) is 5.32. The molecule has 0 saturated heterocycles. The minimum absolute atomic E-state index is 0.0754. The quantitative estimate of drug-likeness (QED) is 0.167. The van der Waals surface area contributed by atoms with Gasteiger partial charge in [-0.15, -0.1) is 0 Å². The van der Waals surface area contributed by atoms with Crippen LogP contribution in [0.2, 0.25) is 0 Å². The SMILES string of the molecule is [C-]#[N+]c1ccc(CNC(=O)[C@@H](CC2CCCCC2)Nc2cc(-n3cccc3)nc(NC/C(C)=N/OC)n2)cc1. The lowest BCUT2D eigenvalue weighted by atomic mass is 9.84. The molecule has 1 atom stereocenters. The van der Waals surface area contributed by atoms with Crippen molar-refractivity contribution in [3.63, 3.8) is 0 Å². The van der Waals surface area contributed by atoms with Crippen molar-refractivity contribution in [1.29, 1.82) is 0 Å². The highest BCUT2D eigenvalue weighted by molar-refractivity contribution is 5.85. The maximum Gasteiger partial charge on any atom is 0.242 e. The average molecular weight is 529 g/mol. The fourth-order valence-electron chi connectivity index (χ4n) is 4.77. The standard InChI is InChI=1S/C29H36N8O2/c1-21(36-39-3)19-32-29-34-26(18-27(35-29)37-15-7-8-16-37)33-25(17-22-9-5-4-6-10-22)28(38)31-20-23-11-13-24(30-2)14-12-23/h7-8,11-16,18,22,25H,4-6,9-10,17,19-20H2,1,3H3,(H,31,38)(H2,32,33,34,35)/b36-21+/t25-/m1/s1. The summed E-state index contributed by atoms with van der Waals surface area (Å²) in [6.07, 6.45) is 10.5. The molecule has 10 nitrogen and oxygen atoms in total. The first-order valence-electron chi connectivity index (χ1n) is 13.4. The van der Waals surface area contributed by atoms with E-state index in [0.717, 1.165) is 30.5 Å². The van der Waals surface area contributed by atoms with Gasteiger partial charge >= 0.3 is 0 Å². The molecule has 10 heteroatoms. The van der Waals surface area contributed by atoms with Crippen molar-refractivity contribution < 1.29 is 9.63 Å². The summed E-state index contributed by atoms with van der Waals surface area (Å²) in [5.74, 6) is 2.07. The third-order valence-corrected chi connectivity index (χ3v) is 6.80. The van der Waals surface area contributed by atoms with Crippen molar-refractivity contribution in [2.24, 2.45) is 11.1 Å². The van der Waals surface area contributed by atoms with Gasteiger partial charge in [0.05, 0.1) is 18.8 Å². The van der Waals surface area contributed by atoms with E-state index >= 15 is 0 Å². The molecule has 1 aliphatic rings. The third-order valence-electron chi connectivity index (χ3n) is 6.80. The molecule has 0 radical (unpaired) electrons. The van der Waals surface area contributed by atoms with E-state index in [-0.39, 0.29) is 5.91 Å². The van der Waals surface area contributed by atoms with Gasteiger partial charge in [-0.2, -0.15) is 9.97 Å². The number of hydrogen-bond donors (Lipinski definition) is 3. The molecule has 0 bridgehead atoms. The van der Waals surface area contributed by atoms with Crippen LogP contribution in [-0.2, 0) is 16.2 Å². The molecule has 0 unspecified atom stereocenters. The van der Waals surface area contributed by atoms with Crippen LogP contribution in [0.4, 0.5) is 17.5 Å². The normalized spacial score (nSPS) is 14.7. The van der Waals surface area contributed by atoms with Crippen LogP contribution in [0.5, 0.6) is 0 Å². The van der Waals surface area contributed by atoms with Crippen LogP contribution >= 0.6 is 0 Å². The second-order valence-corrected chi connectivity index (χ2v) is 9.82. The number of nitrogens with one attached hydrogen (secondary N) is 3. The molecular formula is C29H36N8O2. The van der Waals surface area contributed by atoms with Crippen molar-refractivity contribution in [2.75, 3.05) is 24.3 Å². The zero-order valence-electron chi connectivity index (χ0n) is 22.6. The van der Waals surface area contributed by atoms with E-state index in [4.69, 9.17) is 11.4 Å². The van der Waals surface area contributed by atoms with E-state index in [1.807, 2.05) is 54.2 Å². The van der Waals surface area contributed by atoms with Crippen LogP contribution in [0.3, 0.4) is 0 Å². The summed E-state index contributed by atoms with van der Waals surface area (Å²) in [5.41, 5.74) is 2.28. The molecular weight excluding hydrogens is 492 g/mol. The molecule has 1 saturated carbocycles. The smallest absolute Gasteiger partial charge is 0.242 e. The van der Waals surface area contributed by atoms with E-state index in [1.165, 1.54) is 26.4 Å². The van der Waals surface area contributed by atoms with E-state index in [2.05, 4.69) is 35.9 Å². The summed E-state index contributed by atoms with van der Waals surface area (Å²) < 4.78 is 1.90. The van der Waals surface area contributed by atoms with Gasteiger partial charge in [0.15, 0.2) is 5.69 Å². The number of amides is 1. The van der Waals surface area contributed by atoms with Crippen molar-refractivity contribution in [3.8, 4) is 5.82 Å². The molecule has 39 heavy (non-hydrogen) atoms. The highest BCUT2D eigenvalue weighted by atomic mass is 16.6. The fraction of sp³-hybridized carbons (Fsp3) is 0.414. The van der Waals surface area contributed by atoms with Gasteiger partial charge in [-0.3, -0.25) is 4.79 Å². The summed E-state index contributed by atoms with van der Waals surface area (Å²) in [4.78, 5) is 31.1. The van der Waals surface area contributed by atoms with E-state index in [1.54, 1.807) is 12.1 Å². The Kier molecular flexibility index (Phi) is 9.89. The average Bonchev–Trinajstić information content (AvgIpc) is 3.51. The first-order valence-corrected chi connectivity index (χ1v) is 13.4. The van der Waals surface area contributed by atoms with Gasteiger partial charge in [0.1, 0.15) is 24.8 Å². The summed E-state index contributed by atoms with van der Waals surface area (Å²) in [6.45, 7) is 9.79. The van der Waals surface area contributed by atoms with Crippen molar-refractivity contribution >= 4 is 29.1 Å². The first-order chi connectivity index (χ1) is 19.0. The lowest BCUT2D eigenvalue weighted by Gasteiger charge is -2.27. The number of carbonyl (C=O) groups excluding carboxylic acids is 1. The van der Waals surface area contributed by atoms with Gasteiger partial charge < -0.3 is 25.4 Å². The molecule has 3 N–H and O–H groups in total. The molecule has 2 heterocycles. The third kappa shape index (κ3) is 8.30. The van der Waals surface area contributed by atoms with Crippen LogP contribution in [-0.4, -0.2) is 45.9 Å². The minimum Gasteiger partial charge on any atom is -0.399 e. The van der Waals surface area contributed by atoms with Crippen molar-refractivity contribution in [1.82, 2.24) is 19.9 Å². The summed E-state index contributed by atoms with van der Waals surface area (Å²) in [5, 5.41) is 13.6. The zero-order valence-corrected chi connectivity index (χ0v) is 22.6. The number of rotatable bonds is 12. The summed E-state index contributed by atoms with van der Waals surface area (Å²) >= 11 is 0. The predicted molar refractivity (Wildman–Crippen MR) is 153 cm³/mol. The number of hydrogen-bond acceptors (Lipinski definition) is 7. The Hall–Kier alpha value is -4.39. The maximum absolute atomic E-state index is 13.5. The first kappa shape index (κ1) is 27.6. The van der Waals surface area contributed by atoms with Gasteiger partial charge in [0.2, 0.25) is 11.9 Å². The topological polar surface area (TPSA) is 110 Å². The Morgan fingerprint density at radius 2 is 1.92 bits per heavy atom. The molecule has 204 valence electrons. The number of carbonyl (C=O) groups is 1. The molecule has 2 aromatic heterocycles. The summed E-state index contributed by atoms with van der Waals surface area (Å²) in [6, 6.07) is 12.5. The van der Waals surface area contributed by atoms with Gasteiger partial charge in [-0.05, 0) is 37.0 Å². The van der Waals surface area contributed by atoms with Gasteiger partial charge in [-0.25, -0.2) is 4.85 Å². The van der Waals surface area contributed by atoms with Crippen LogP contribution in [0.15, 0.2) is 60.0 Å². The largest absolute Gasteiger partial charge is 0.399 e. The second kappa shape index (κ2) is 14.0. The van der Waals surface area contributed by atoms with E-state index in [0.29, 0.717) is 42.3 Å². The van der Waals surface area contributed by atoms with Crippen LogP contribution in [0, 0.1) is 12.5 Å². The Morgan fingerprint density at radius 1 is 1.18 bits per heavy atom. The number of aromatic nitrogens is 3. The van der Waals surface area contributed by atoms with E-state index in [9.17, 15) is 4.79 Å². The molecule has 1 amide bonds. The molecule has 1 fully saturated rings. The maximum atomic E-state index is 13.5. The van der Waals surface area contributed by atoms with Crippen molar-refractivity contribution in [2.45, 2.75) is 58.0 Å². The molecule has 4 rings (SSSR count).